The Morgan fingerprint density at radius 2 is 2.13 bits per heavy atom. The lowest BCUT2D eigenvalue weighted by Gasteiger charge is -2.19. The van der Waals surface area contributed by atoms with Crippen LogP contribution in [0.25, 0.3) is 10.2 Å². The lowest BCUT2D eigenvalue weighted by Crippen LogP contribution is -2.34. The number of hydrogen-bond donors (Lipinski definition) is 0. The van der Waals surface area contributed by atoms with E-state index in [4.69, 9.17) is 9.26 Å². The second-order valence-corrected chi connectivity index (χ2v) is 6.12. The zero-order chi connectivity index (χ0) is 16.4. The van der Waals surface area contributed by atoms with E-state index in [9.17, 15) is 4.79 Å². The summed E-state index contributed by atoms with van der Waals surface area (Å²) in [5.41, 5.74) is 1.94. The fraction of sp³-hybridized carbons (Fsp3) is 0.312. The van der Waals surface area contributed by atoms with Crippen LogP contribution >= 0.6 is 11.3 Å². The zero-order valence-corrected chi connectivity index (χ0v) is 14.0. The molecule has 2 aromatic heterocycles. The van der Waals surface area contributed by atoms with Crippen LogP contribution in [0.1, 0.15) is 21.8 Å². The van der Waals surface area contributed by atoms with E-state index in [0.717, 1.165) is 10.2 Å². The summed E-state index contributed by atoms with van der Waals surface area (Å²) >= 11 is 1.48. The van der Waals surface area contributed by atoms with E-state index in [1.54, 1.807) is 25.9 Å². The minimum absolute atomic E-state index is 0.169. The van der Waals surface area contributed by atoms with Crippen molar-refractivity contribution in [1.82, 2.24) is 10.1 Å². The Hall–Kier alpha value is -2.25. The standard InChI is InChI=1S/C16H17N3O3S/c1-10-14(11(2)22-18-10)15(20)19(8-9-21-3)16-17-12-6-4-5-7-13(12)23-16/h4-7H,8-9H2,1-3H3. The molecule has 0 radical (unpaired) electrons. The summed E-state index contributed by atoms with van der Waals surface area (Å²) in [5.74, 6) is 0.341. The molecule has 0 saturated heterocycles. The largest absolute Gasteiger partial charge is 0.383 e. The Bertz CT molecular complexity index is 788. The van der Waals surface area contributed by atoms with Crippen molar-refractivity contribution in [3.8, 4) is 0 Å². The number of methoxy groups -OCH3 is 1. The van der Waals surface area contributed by atoms with Gasteiger partial charge in [-0.25, -0.2) is 4.98 Å². The highest BCUT2D eigenvalue weighted by Crippen LogP contribution is 2.30. The Labute approximate surface area is 137 Å². The van der Waals surface area contributed by atoms with Crippen molar-refractivity contribution in [1.29, 1.82) is 0 Å². The average molecular weight is 331 g/mol. The number of para-hydroxylation sites is 1. The Morgan fingerprint density at radius 1 is 1.35 bits per heavy atom. The zero-order valence-electron chi connectivity index (χ0n) is 13.2. The van der Waals surface area contributed by atoms with Gasteiger partial charge in [-0.2, -0.15) is 0 Å². The molecule has 0 saturated carbocycles. The van der Waals surface area contributed by atoms with Gasteiger partial charge in [0.05, 0.1) is 29.1 Å². The van der Waals surface area contributed by atoms with Crippen molar-refractivity contribution in [2.45, 2.75) is 13.8 Å². The lowest BCUT2D eigenvalue weighted by molar-refractivity contribution is 0.0974. The topological polar surface area (TPSA) is 68.5 Å². The van der Waals surface area contributed by atoms with Gasteiger partial charge in [-0.1, -0.05) is 28.6 Å². The Kier molecular flexibility index (Phi) is 4.40. The van der Waals surface area contributed by atoms with Gasteiger partial charge in [0.15, 0.2) is 5.13 Å². The first-order valence-corrected chi connectivity index (χ1v) is 8.02. The molecule has 0 unspecified atom stereocenters. The number of aromatic nitrogens is 2. The first-order chi connectivity index (χ1) is 11.1. The van der Waals surface area contributed by atoms with Gasteiger partial charge in [-0.05, 0) is 26.0 Å². The van der Waals surface area contributed by atoms with Gasteiger partial charge in [0.2, 0.25) is 0 Å². The third kappa shape index (κ3) is 2.97. The number of nitrogens with zero attached hydrogens (tertiary/aromatic N) is 3. The fourth-order valence-electron chi connectivity index (χ4n) is 2.37. The molecule has 0 aliphatic heterocycles. The monoisotopic (exact) mass is 331 g/mol. The highest BCUT2D eigenvalue weighted by molar-refractivity contribution is 7.22. The van der Waals surface area contributed by atoms with E-state index in [0.29, 0.717) is 35.3 Å². The van der Waals surface area contributed by atoms with Crippen LogP contribution in [0.15, 0.2) is 28.8 Å². The molecule has 3 rings (SSSR count). The van der Waals surface area contributed by atoms with E-state index >= 15 is 0 Å². The number of amides is 1. The molecular formula is C16H17N3O3S. The number of aryl methyl sites for hydroxylation is 2. The highest BCUT2D eigenvalue weighted by atomic mass is 32.1. The van der Waals surface area contributed by atoms with Crippen LogP contribution in [0.4, 0.5) is 5.13 Å². The quantitative estimate of drug-likeness (QED) is 0.718. The molecule has 0 fully saturated rings. The molecule has 1 aromatic carbocycles. The van der Waals surface area contributed by atoms with Crippen LogP contribution in [-0.2, 0) is 4.74 Å². The van der Waals surface area contributed by atoms with Crippen molar-refractivity contribution in [2.24, 2.45) is 0 Å². The van der Waals surface area contributed by atoms with Gasteiger partial charge in [-0.15, -0.1) is 0 Å². The molecule has 0 bridgehead atoms. The number of ether oxygens (including phenoxy) is 1. The summed E-state index contributed by atoms with van der Waals surface area (Å²) in [4.78, 5) is 19.2. The SMILES string of the molecule is COCCN(C(=O)c1c(C)noc1C)c1nc2ccccc2s1. The van der Waals surface area contributed by atoms with Crippen molar-refractivity contribution in [3.05, 3.63) is 41.3 Å². The predicted octanol–water partition coefficient (Wildman–Crippen LogP) is 3.19. The molecule has 1 amide bonds. The molecule has 0 spiro atoms. The van der Waals surface area contributed by atoms with Crippen molar-refractivity contribution < 1.29 is 14.1 Å². The minimum Gasteiger partial charge on any atom is -0.383 e. The van der Waals surface area contributed by atoms with Gasteiger partial charge in [-0.3, -0.25) is 9.69 Å². The number of thiazole rings is 1. The second-order valence-electron chi connectivity index (χ2n) is 5.11. The van der Waals surface area contributed by atoms with Gasteiger partial charge in [0, 0.05) is 7.11 Å². The average Bonchev–Trinajstić information content (AvgIpc) is 3.10. The van der Waals surface area contributed by atoms with Gasteiger partial charge in [0.25, 0.3) is 5.91 Å². The molecular weight excluding hydrogens is 314 g/mol. The smallest absolute Gasteiger partial charge is 0.265 e. The molecule has 0 aliphatic rings. The summed E-state index contributed by atoms with van der Waals surface area (Å²) < 4.78 is 11.3. The second kappa shape index (κ2) is 6.47. The van der Waals surface area contributed by atoms with Crippen molar-refractivity contribution in [2.75, 3.05) is 25.2 Å². The highest BCUT2D eigenvalue weighted by Gasteiger charge is 2.26. The van der Waals surface area contributed by atoms with Crippen LogP contribution in [-0.4, -0.2) is 36.3 Å². The number of carbonyl (C=O) groups is 1. The van der Waals surface area contributed by atoms with Gasteiger partial charge in [0.1, 0.15) is 11.3 Å². The third-order valence-corrected chi connectivity index (χ3v) is 4.58. The van der Waals surface area contributed by atoms with Crippen LogP contribution in [0.5, 0.6) is 0 Å². The number of fused-ring (bicyclic) bond motifs is 1. The maximum absolute atomic E-state index is 13.0. The molecule has 3 aromatic rings. The summed E-state index contributed by atoms with van der Waals surface area (Å²) in [5, 5.41) is 4.51. The fourth-order valence-corrected chi connectivity index (χ4v) is 3.36. The third-order valence-electron chi connectivity index (χ3n) is 3.52. The Balaban J connectivity index is 2.01. The first kappa shape index (κ1) is 15.6. The molecule has 6 nitrogen and oxygen atoms in total. The molecule has 23 heavy (non-hydrogen) atoms. The normalized spacial score (nSPS) is 11.1. The van der Waals surface area contributed by atoms with Crippen LogP contribution in [0.3, 0.4) is 0 Å². The van der Waals surface area contributed by atoms with Gasteiger partial charge >= 0.3 is 0 Å². The summed E-state index contributed by atoms with van der Waals surface area (Å²) in [7, 11) is 1.61. The van der Waals surface area contributed by atoms with E-state index in [1.807, 2.05) is 24.3 Å². The van der Waals surface area contributed by atoms with Crippen LogP contribution in [0, 0.1) is 13.8 Å². The first-order valence-electron chi connectivity index (χ1n) is 7.21. The number of anilines is 1. The maximum Gasteiger partial charge on any atom is 0.265 e. The molecule has 0 atom stereocenters. The molecule has 0 aliphatic carbocycles. The van der Waals surface area contributed by atoms with Gasteiger partial charge < -0.3 is 9.26 Å². The molecule has 2 heterocycles. The summed E-state index contributed by atoms with van der Waals surface area (Å²) in [6.45, 7) is 4.33. The van der Waals surface area contributed by atoms with E-state index in [2.05, 4.69) is 10.1 Å². The Morgan fingerprint density at radius 3 is 2.78 bits per heavy atom. The minimum atomic E-state index is -0.169. The van der Waals surface area contributed by atoms with Crippen LogP contribution < -0.4 is 4.90 Å². The van der Waals surface area contributed by atoms with E-state index in [1.165, 1.54) is 11.3 Å². The lowest BCUT2D eigenvalue weighted by atomic mass is 10.2. The molecule has 7 heteroatoms. The summed E-state index contributed by atoms with van der Waals surface area (Å²) in [6.07, 6.45) is 0. The maximum atomic E-state index is 13.0. The van der Waals surface area contributed by atoms with Crippen molar-refractivity contribution >= 4 is 32.6 Å². The van der Waals surface area contributed by atoms with E-state index in [-0.39, 0.29) is 5.91 Å². The number of hydrogen-bond acceptors (Lipinski definition) is 6. The van der Waals surface area contributed by atoms with Crippen LogP contribution in [0.2, 0.25) is 0 Å². The summed E-state index contributed by atoms with van der Waals surface area (Å²) in [6, 6.07) is 7.82. The van der Waals surface area contributed by atoms with Crippen molar-refractivity contribution in [3.63, 3.8) is 0 Å². The molecule has 120 valence electrons. The number of benzene rings is 1. The number of rotatable bonds is 5. The molecule has 0 N–H and O–H groups in total. The van der Waals surface area contributed by atoms with E-state index < -0.39 is 0 Å². The number of carbonyl (C=O) groups excluding carboxylic acids is 1. The predicted molar refractivity (Wildman–Crippen MR) is 89.1 cm³/mol.